The predicted molar refractivity (Wildman–Crippen MR) is 75.8 cm³/mol. The van der Waals surface area contributed by atoms with Gasteiger partial charge < -0.3 is 9.64 Å². The number of nitrogens with one attached hydrogen (secondary N) is 1. The van der Waals surface area contributed by atoms with Gasteiger partial charge in [0.25, 0.3) is 0 Å². The van der Waals surface area contributed by atoms with Crippen molar-refractivity contribution < 1.29 is 14.3 Å². The molecule has 1 N–H and O–H groups in total. The van der Waals surface area contributed by atoms with E-state index in [0.29, 0.717) is 19.4 Å². The molecule has 0 spiro atoms. The molecule has 21 heavy (non-hydrogen) atoms. The molecule has 0 aromatic carbocycles. The lowest BCUT2D eigenvalue weighted by Gasteiger charge is -2.31. The van der Waals surface area contributed by atoms with E-state index >= 15 is 0 Å². The molecule has 1 fully saturated rings. The molecule has 2 unspecified atom stereocenters. The molecule has 2 aliphatic heterocycles. The Morgan fingerprint density at radius 3 is 3.14 bits per heavy atom. The van der Waals surface area contributed by atoms with Gasteiger partial charge in [0.15, 0.2) is 0 Å². The molecule has 3 aliphatic rings. The second-order valence-electron chi connectivity index (χ2n) is 5.17. The van der Waals surface area contributed by atoms with Crippen LogP contribution in [-0.4, -0.2) is 53.0 Å². The zero-order chi connectivity index (χ0) is 14.8. The number of allylic oxidation sites excluding steroid dienone is 2. The van der Waals surface area contributed by atoms with Crippen molar-refractivity contribution in [3.8, 4) is 0 Å². The fourth-order valence-corrected chi connectivity index (χ4v) is 2.72. The number of likely N-dealkylation sites (tertiary alicyclic amines) is 1. The molecule has 112 valence electrons. The van der Waals surface area contributed by atoms with Crippen molar-refractivity contribution in [1.82, 2.24) is 15.4 Å². The van der Waals surface area contributed by atoms with E-state index in [0.717, 1.165) is 5.71 Å². The highest BCUT2D eigenvalue weighted by atomic mass is 16.5. The molecule has 0 aromatic heterocycles. The smallest absolute Gasteiger partial charge is 0.302 e. The summed E-state index contributed by atoms with van der Waals surface area (Å²) in [6, 6.07) is 0.0704. The standard InChI is InChI=1S/C14H18N4O3/c1-10(19)21-9-8-17-13(6-7-14(17)20)18-15-11-4-2-3-5-12(11)16-18/h2-5,11,13,15H,6-9H2,1H3. The van der Waals surface area contributed by atoms with Crippen LogP contribution in [0.5, 0.6) is 0 Å². The van der Waals surface area contributed by atoms with Crippen molar-refractivity contribution in [1.29, 1.82) is 0 Å². The number of hydrazine groups is 1. The Kier molecular flexibility index (Phi) is 3.74. The Balaban J connectivity index is 1.65. The lowest BCUT2D eigenvalue weighted by molar-refractivity contribution is -0.144. The summed E-state index contributed by atoms with van der Waals surface area (Å²) in [7, 11) is 0. The first-order valence-corrected chi connectivity index (χ1v) is 7.07. The van der Waals surface area contributed by atoms with Gasteiger partial charge in [0.1, 0.15) is 12.8 Å². The summed E-state index contributed by atoms with van der Waals surface area (Å²) in [4.78, 5) is 24.5. The van der Waals surface area contributed by atoms with Gasteiger partial charge in [0.2, 0.25) is 5.91 Å². The molecule has 2 heterocycles. The number of hydrogen-bond acceptors (Lipinski definition) is 6. The number of amides is 1. The molecule has 0 saturated carbocycles. The highest BCUT2D eigenvalue weighted by Crippen LogP contribution is 2.24. The Hall–Kier alpha value is -2.15. The minimum atomic E-state index is -0.334. The summed E-state index contributed by atoms with van der Waals surface area (Å²) >= 11 is 0. The quantitative estimate of drug-likeness (QED) is 0.747. The van der Waals surface area contributed by atoms with Crippen molar-refractivity contribution in [2.45, 2.75) is 32.0 Å². The highest BCUT2D eigenvalue weighted by Gasteiger charge is 2.38. The summed E-state index contributed by atoms with van der Waals surface area (Å²) in [6.45, 7) is 1.97. The second kappa shape index (κ2) is 5.69. The van der Waals surface area contributed by atoms with Crippen molar-refractivity contribution in [3.63, 3.8) is 0 Å². The first-order chi connectivity index (χ1) is 10.1. The van der Waals surface area contributed by atoms with Crippen LogP contribution in [0, 0.1) is 0 Å². The predicted octanol–water partition coefficient (Wildman–Crippen LogP) is 0.169. The number of carbonyl (C=O) groups is 2. The van der Waals surface area contributed by atoms with Gasteiger partial charge in [-0.05, 0) is 12.5 Å². The van der Waals surface area contributed by atoms with E-state index in [9.17, 15) is 9.59 Å². The number of fused-ring (bicyclic) bond motifs is 1. The Bertz CT molecular complexity index is 540. The summed E-state index contributed by atoms with van der Waals surface area (Å²) < 4.78 is 4.93. The number of rotatable bonds is 4. The second-order valence-corrected chi connectivity index (χ2v) is 5.17. The number of hydrogen-bond donors (Lipinski definition) is 1. The third-order valence-electron chi connectivity index (χ3n) is 3.71. The number of hydrazone groups is 1. The van der Waals surface area contributed by atoms with Gasteiger partial charge in [-0.15, -0.1) is 0 Å². The van der Waals surface area contributed by atoms with Crippen LogP contribution in [-0.2, 0) is 14.3 Å². The molecule has 1 aliphatic carbocycles. The highest BCUT2D eigenvalue weighted by molar-refractivity contribution is 6.02. The molecule has 7 heteroatoms. The third kappa shape index (κ3) is 2.82. The van der Waals surface area contributed by atoms with E-state index in [1.807, 2.05) is 24.3 Å². The maximum Gasteiger partial charge on any atom is 0.302 e. The molecule has 7 nitrogen and oxygen atoms in total. The van der Waals surface area contributed by atoms with E-state index < -0.39 is 0 Å². The van der Waals surface area contributed by atoms with Crippen molar-refractivity contribution >= 4 is 17.6 Å². The average molecular weight is 290 g/mol. The van der Waals surface area contributed by atoms with Crippen LogP contribution < -0.4 is 5.43 Å². The number of nitrogens with zero attached hydrogens (tertiary/aromatic N) is 3. The molecular formula is C14H18N4O3. The average Bonchev–Trinajstić information content (AvgIpc) is 3.02. The Labute approximate surface area is 122 Å². The van der Waals surface area contributed by atoms with E-state index in [1.54, 1.807) is 10.0 Å². The minimum Gasteiger partial charge on any atom is -0.464 e. The van der Waals surface area contributed by atoms with Gasteiger partial charge >= 0.3 is 5.97 Å². The summed E-state index contributed by atoms with van der Waals surface area (Å²) in [5.74, 6) is -0.269. The van der Waals surface area contributed by atoms with E-state index in [-0.39, 0.29) is 30.7 Å². The fourth-order valence-electron chi connectivity index (χ4n) is 2.72. The monoisotopic (exact) mass is 290 g/mol. The molecule has 1 amide bonds. The maximum atomic E-state index is 12.0. The largest absolute Gasteiger partial charge is 0.464 e. The minimum absolute atomic E-state index is 0.0649. The first-order valence-electron chi connectivity index (χ1n) is 7.07. The molecule has 2 atom stereocenters. The Morgan fingerprint density at radius 1 is 1.52 bits per heavy atom. The number of esters is 1. The van der Waals surface area contributed by atoms with Crippen LogP contribution in [0.2, 0.25) is 0 Å². The molecule has 0 aromatic rings. The van der Waals surface area contributed by atoms with E-state index in [2.05, 4.69) is 10.5 Å². The maximum absolute atomic E-state index is 12.0. The molecule has 0 bridgehead atoms. The van der Waals surface area contributed by atoms with Gasteiger partial charge in [0.05, 0.1) is 18.3 Å². The van der Waals surface area contributed by atoms with Gasteiger partial charge in [-0.3, -0.25) is 9.59 Å². The van der Waals surface area contributed by atoms with Gasteiger partial charge in [0, 0.05) is 13.3 Å². The number of carbonyl (C=O) groups excluding carboxylic acids is 2. The van der Waals surface area contributed by atoms with E-state index in [4.69, 9.17) is 4.74 Å². The summed E-state index contributed by atoms with van der Waals surface area (Å²) in [6.07, 6.45) is 8.97. The Morgan fingerprint density at radius 2 is 2.38 bits per heavy atom. The topological polar surface area (TPSA) is 74.2 Å². The summed E-state index contributed by atoms with van der Waals surface area (Å²) in [5.41, 5.74) is 4.22. The van der Waals surface area contributed by atoms with Crippen LogP contribution >= 0.6 is 0 Å². The molecule has 0 radical (unpaired) electrons. The first kappa shape index (κ1) is 13.8. The SMILES string of the molecule is CC(=O)OCCN1C(=O)CCC1N1N=C2C=CC=CC2N1. The molecular weight excluding hydrogens is 272 g/mol. The van der Waals surface area contributed by atoms with Crippen LogP contribution in [0.25, 0.3) is 0 Å². The summed E-state index contributed by atoms with van der Waals surface area (Å²) in [5, 5.41) is 6.27. The number of ether oxygens (including phenoxy) is 1. The van der Waals surface area contributed by atoms with Crippen molar-refractivity contribution in [3.05, 3.63) is 24.3 Å². The molecule has 1 saturated heterocycles. The lowest BCUT2D eigenvalue weighted by Crippen LogP contribution is -2.50. The van der Waals surface area contributed by atoms with Gasteiger partial charge in [-0.25, -0.2) is 10.5 Å². The van der Waals surface area contributed by atoms with Crippen LogP contribution in [0.15, 0.2) is 29.4 Å². The molecule has 3 rings (SSSR count). The zero-order valence-electron chi connectivity index (χ0n) is 11.9. The van der Waals surface area contributed by atoms with Crippen LogP contribution in [0.4, 0.5) is 0 Å². The van der Waals surface area contributed by atoms with E-state index in [1.165, 1.54) is 6.92 Å². The zero-order valence-corrected chi connectivity index (χ0v) is 11.9. The third-order valence-corrected chi connectivity index (χ3v) is 3.71. The fraction of sp³-hybridized carbons (Fsp3) is 0.500. The van der Waals surface area contributed by atoms with Crippen LogP contribution in [0.1, 0.15) is 19.8 Å². The lowest BCUT2D eigenvalue weighted by atomic mass is 10.1. The van der Waals surface area contributed by atoms with Crippen molar-refractivity contribution in [2.75, 3.05) is 13.2 Å². The normalized spacial score (nSPS) is 27.1. The van der Waals surface area contributed by atoms with Gasteiger partial charge in [-0.2, -0.15) is 5.10 Å². The van der Waals surface area contributed by atoms with Gasteiger partial charge in [-0.1, -0.05) is 18.2 Å². The van der Waals surface area contributed by atoms with Crippen molar-refractivity contribution in [2.24, 2.45) is 5.10 Å². The van der Waals surface area contributed by atoms with Crippen LogP contribution in [0.3, 0.4) is 0 Å².